The van der Waals surface area contributed by atoms with E-state index in [1.54, 1.807) is 23.5 Å². The van der Waals surface area contributed by atoms with Crippen LogP contribution in [0.3, 0.4) is 0 Å². The van der Waals surface area contributed by atoms with E-state index >= 15 is 0 Å². The third-order valence-corrected chi connectivity index (χ3v) is 4.47. The van der Waals surface area contributed by atoms with Gasteiger partial charge < -0.3 is 10.0 Å². The number of benzene rings is 1. The van der Waals surface area contributed by atoms with Gasteiger partial charge in [0.2, 0.25) is 0 Å². The van der Waals surface area contributed by atoms with E-state index in [1.807, 2.05) is 30.9 Å². The molecule has 0 atom stereocenters. The largest absolute Gasteiger partial charge is 0.481 e. The number of rotatable bonds is 6. The molecule has 0 saturated carbocycles. The van der Waals surface area contributed by atoms with Crippen molar-refractivity contribution in [2.45, 2.75) is 26.8 Å². The lowest BCUT2D eigenvalue weighted by molar-refractivity contribution is -0.136. The molecule has 0 bridgehead atoms. The highest BCUT2D eigenvalue weighted by molar-refractivity contribution is 7.15. The molecule has 0 spiro atoms. The van der Waals surface area contributed by atoms with Crippen LogP contribution in [0.4, 0.5) is 5.13 Å². The first kappa shape index (κ1) is 16.0. The maximum Gasteiger partial charge on any atom is 0.305 e. The predicted octanol–water partition coefficient (Wildman–Crippen LogP) is 3.11. The van der Waals surface area contributed by atoms with E-state index in [0.717, 1.165) is 21.3 Å². The Balaban J connectivity index is 2.19. The van der Waals surface area contributed by atoms with Gasteiger partial charge in [-0.05, 0) is 31.5 Å². The van der Waals surface area contributed by atoms with Gasteiger partial charge in [-0.1, -0.05) is 12.1 Å². The summed E-state index contributed by atoms with van der Waals surface area (Å²) in [5.41, 5.74) is 2.61. The minimum absolute atomic E-state index is 0.0634. The van der Waals surface area contributed by atoms with Crippen LogP contribution in [0.5, 0.6) is 0 Å². The van der Waals surface area contributed by atoms with Crippen molar-refractivity contribution in [2.24, 2.45) is 0 Å². The summed E-state index contributed by atoms with van der Waals surface area (Å²) in [6.07, 6.45) is 0.0634. The van der Waals surface area contributed by atoms with Gasteiger partial charge in [-0.3, -0.25) is 4.79 Å². The molecule has 5 nitrogen and oxygen atoms in total. The molecule has 0 unspecified atom stereocenters. The standard InChI is InChI=1S/C16H17N3O2S/c1-11-12(2)22-16(18-11)19(8-7-15(20)21)10-14-5-3-13(9-17)4-6-14/h3-6H,7-8,10H2,1-2H3,(H,20,21). The maximum atomic E-state index is 10.9. The highest BCUT2D eigenvalue weighted by Crippen LogP contribution is 2.26. The van der Waals surface area contributed by atoms with Gasteiger partial charge in [-0.2, -0.15) is 5.26 Å². The Hall–Kier alpha value is -2.39. The van der Waals surface area contributed by atoms with Gasteiger partial charge in [-0.15, -0.1) is 11.3 Å². The summed E-state index contributed by atoms with van der Waals surface area (Å²) in [7, 11) is 0. The number of hydrogen-bond acceptors (Lipinski definition) is 5. The number of aliphatic carboxylic acids is 1. The second-order valence-corrected chi connectivity index (χ2v) is 6.19. The van der Waals surface area contributed by atoms with Gasteiger partial charge >= 0.3 is 5.97 Å². The zero-order valence-electron chi connectivity index (χ0n) is 12.5. The highest BCUT2D eigenvalue weighted by atomic mass is 32.1. The maximum absolute atomic E-state index is 10.9. The number of nitriles is 1. The summed E-state index contributed by atoms with van der Waals surface area (Å²) in [5, 5.41) is 18.6. The van der Waals surface area contributed by atoms with E-state index in [2.05, 4.69) is 11.1 Å². The van der Waals surface area contributed by atoms with Gasteiger partial charge in [0.25, 0.3) is 0 Å². The minimum Gasteiger partial charge on any atom is -0.481 e. The Kier molecular flexibility index (Phi) is 5.12. The smallest absolute Gasteiger partial charge is 0.305 e. The van der Waals surface area contributed by atoms with Crippen molar-refractivity contribution in [3.05, 3.63) is 46.0 Å². The van der Waals surface area contributed by atoms with Gasteiger partial charge in [0, 0.05) is 18.0 Å². The van der Waals surface area contributed by atoms with E-state index in [9.17, 15) is 4.79 Å². The molecule has 0 fully saturated rings. The van der Waals surface area contributed by atoms with Crippen LogP contribution in [0.25, 0.3) is 0 Å². The number of aromatic nitrogens is 1. The van der Waals surface area contributed by atoms with Crippen molar-refractivity contribution in [2.75, 3.05) is 11.4 Å². The molecule has 114 valence electrons. The SMILES string of the molecule is Cc1nc(N(CCC(=O)O)Cc2ccc(C#N)cc2)sc1C. The fourth-order valence-corrected chi connectivity index (χ4v) is 2.90. The number of carboxylic acid groups (broad SMARTS) is 1. The summed E-state index contributed by atoms with van der Waals surface area (Å²) in [6, 6.07) is 9.40. The Bertz CT molecular complexity index is 682. The Morgan fingerprint density at radius 1 is 1.36 bits per heavy atom. The van der Waals surface area contributed by atoms with Crippen molar-refractivity contribution >= 4 is 22.4 Å². The number of thiazole rings is 1. The van der Waals surface area contributed by atoms with E-state index in [-0.39, 0.29) is 6.42 Å². The minimum atomic E-state index is -0.824. The topological polar surface area (TPSA) is 77.2 Å². The molecule has 0 radical (unpaired) electrons. The number of carbonyl (C=O) groups is 1. The number of nitrogens with zero attached hydrogens (tertiary/aromatic N) is 3. The number of hydrogen-bond donors (Lipinski definition) is 1. The Morgan fingerprint density at radius 2 is 2.05 bits per heavy atom. The van der Waals surface area contributed by atoms with Crippen LogP contribution in [0.2, 0.25) is 0 Å². The average molecular weight is 315 g/mol. The van der Waals surface area contributed by atoms with Crippen LogP contribution in [0.15, 0.2) is 24.3 Å². The first-order valence-corrected chi connectivity index (χ1v) is 7.71. The van der Waals surface area contributed by atoms with Crippen LogP contribution in [-0.2, 0) is 11.3 Å². The van der Waals surface area contributed by atoms with Gasteiger partial charge in [0.15, 0.2) is 5.13 Å². The van der Waals surface area contributed by atoms with Crippen molar-refractivity contribution in [3.8, 4) is 6.07 Å². The summed E-state index contributed by atoms with van der Waals surface area (Å²) >= 11 is 1.57. The molecule has 0 aliphatic rings. The number of anilines is 1. The summed E-state index contributed by atoms with van der Waals surface area (Å²) in [6.45, 7) is 4.94. The molecule has 1 N–H and O–H groups in total. The number of carboxylic acids is 1. The Morgan fingerprint density at radius 3 is 2.55 bits per heavy atom. The van der Waals surface area contributed by atoms with Crippen LogP contribution in [0, 0.1) is 25.2 Å². The van der Waals surface area contributed by atoms with Gasteiger partial charge in [0.1, 0.15) is 0 Å². The third-order valence-electron chi connectivity index (χ3n) is 3.34. The molecule has 1 aromatic heterocycles. The summed E-state index contributed by atoms with van der Waals surface area (Å²) < 4.78 is 0. The van der Waals surface area contributed by atoms with Crippen molar-refractivity contribution in [1.29, 1.82) is 5.26 Å². The van der Waals surface area contributed by atoms with E-state index in [1.165, 1.54) is 0 Å². The molecule has 2 aromatic rings. The van der Waals surface area contributed by atoms with E-state index in [4.69, 9.17) is 10.4 Å². The van der Waals surface area contributed by atoms with E-state index < -0.39 is 5.97 Å². The van der Waals surface area contributed by atoms with Crippen LogP contribution < -0.4 is 4.90 Å². The van der Waals surface area contributed by atoms with Crippen LogP contribution in [0.1, 0.15) is 28.1 Å². The lowest BCUT2D eigenvalue weighted by atomic mass is 10.1. The molecule has 6 heteroatoms. The first-order chi connectivity index (χ1) is 10.5. The second kappa shape index (κ2) is 7.05. The molecular weight excluding hydrogens is 298 g/mol. The molecule has 0 saturated heterocycles. The molecule has 2 rings (SSSR count). The lowest BCUT2D eigenvalue weighted by Gasteiger charge is -2.21. The second-order valence-electron chi connectivity index (χ2n) is 5.01. The molecule has 0 aliphatic carbocycles. The molecule has 22 heavy (non-hydrogen) atoms. The average Bonchev–Trinajstić information content (AvgIpc) is 2.83. The van der Waals surface area contributed by atoms with Crippen LogP contribution in [-0.4, -0.2) is 22.6 Å². The Labute approximate surface area is 133 Å². The zero-order chi connectivity index (χ0) is 16.1. The van der Waals surface area contributed by atoms with Crippen molar-refractivity contribution in [3.63, 3.8) is 0 Å². The molecule has 1 aromatic carbocycles. The quantitative estimate of drug-likeness (QED) is 0.886. The lowest BCUT2D eigenvalue weighted by Crippen LogP contribution is -2.25. The normalized spacial score (nSPS) is 10.2. The molecule has 0 amide bonds. The molecule has 1 heterocycles. The predicted molar refractivity (Wildman–Crippen MR) is 86.0 cm³/mol. The molecule has 0 aliphatic heterocycles. The fraction of sp³-hybridized carbons (Fsp3) is 0.312. The number of aryl methyl sites for hydroxylation is 2. The fourth-order valence-electron chi connectivity index (χ4n) is 1.97. The summed E-state index contributed by atoms with van der Waals surface area (Å²) in [5.74, 6) is -0.824. The highest BCUT2D eigenvalue weighted by Gasteiger charge is 2.14. The third kappa shape index (κ3) is 4.06. The van der Waals surface area contributed by atoms with Crippen molar-refractivity contribution < 1.29 is 9.90 Å². The van der Waals surface area contributed by atoms with Gasteiger partial charge in [-0.25, -0.2) is 4.98 Å². The summed E-state index contributed by atoms with van der Waals surface area (Å²) in [4.78, 5) is 18.5. The van der Waals surface area contributed by atoms with Gasteiger partial charge in [0.05, 0.1) is 23.7 Å². The van der Waals surface area contributed by atoms with Crippen molar-refractivity contribution in [1.82, 2.24) is 4.98 Å². The van der Waals surface area contributed by atoms with E-state index in [0.29, 0.717) is 18.7 Å². The zero-order valence-corrected chi connectivity index (χ0v) is 13.4. The molecular formula is C16H17N3O2S. The van der Waals surface area contributed by atoms with Crippen LogP contribution >= 0.6 is 11.3 Å². The first-order valence-electron chi connectivity index (χ1n) is 6.89. The monoisotopic (exact) mass is 315 g/mol.